The van der Waals surface area contributed by atoms with E-state index < -0.39 is 11.9 Å². The molecule has 0 radical (unpaired) electrons. The summed E-state index contributed by atoms with van der Waals surface area (Å²) in [7, 11) is 0. The molecule has 0 aromatic heterocycles. The zero-order valence-corrected chi connectivity index (χ0v) is 9.80. The zero-order valence-electron chi connectivity index (χ0n) is 9.80. The second kappa shape index (κ2) is 6.24. The maximum atomic E-state index is 11.7. The minimum absolute atomic E-state index is 0.0838. The number of aliphatic carboxylic acids is 1. The van der Waals surface area contributed by atoms with Gasteiger partial charge in [0.2, 0.25) is 0 Å². The molecule has 1 aliphatic rings. The summed E-state index contributed by atoms with van der Waals surface area (Å²) in [6.07, 6.45) is 3.68. The Bertz CT molecular complexity index is 317. The zero-order chi connectivity index (χ0) is 12.8. The van der Waals surface area contributed by atoms with Gasteiger partial charge in [-0.25, -0.2) is 4.79 Å². The molecule has 1 rings (SSSR count). The number of hydrogen-bond donors (Lipinski definition) is 3. The summed E-state index contributed by atoms with van der Waals surface area (Å²) in [5, 5.41) is 20.3. The van der Waals surface area contributed by atoms with E-state index in [1.807, 2.05) is 6.92 Å². The number of carboxylic acids is 1. The van der Waals surface area contributed by atoms with Crippen LogP contribution in [0.4, 0.5) is 4.79 Å². The predicted molar refractivity (Wildman–Crippen MR) is 61.5 cm³/mol. The Kier molecular flexibility index (Phi) is 4.96. The van der Waals surface area contributed by atoms with Crippen molar-refractivity contribution in [2.75, 3.05) is 19.7 Å². The van der Waals surface area contributed by atoms with Gasteiger partial charge in [-0.3, -0.25) is 4.79 Å². The molecule has 0 fully saturated rings. The van der Waals surface area contributed by atoms with Gasteiger partial charge in [0.15, 0.2) is 0 Å². The van der Waals surface area contributed by atoms with E-state index in [4.69, 9.17) is 10.2 Å². The van der Waals surface area contributed by atoms with Crippen LogP contribution in [-0.2, 0) is 4.79 Å². The van der Waals surface area contributed by atoms with Crippen molar-refractivity contribution in [3.05, 3.63) is 12.2 Å². The maximum absolute atomic E-state index is 11.7. The summed E-state index contributed by atoms with van der Waals surface area (Å²) in [5.74, 6) is -1.39. The van der Waals surface area contributed by atoms with Gasteiger partial charge >= 0.3 is 12.0 Å². The molecule has 1 aliphatic carbocycles. The summed E-state index contributed by atoms with van der Waals surface area (Å²) in [6, 6.07) is -0.515. The normalized spacial score (nSPS) is 22.5. The van der Waals surface area contributed by atoms with Gasteiger partial charge in [-0.05, 0) is 13.3 Å². The molecule has 0 aromatic carbocycles. The van der Waals surface area contributed by atoms with Crippen molar-refractivity contribution < 1.29 is 19.8 Å². The van der Waals surface area contributed by atoms with Gasteiger partial charge in [-0.1, -0.05) is 12.2 Å². The average Bonchev–Trinajstić information content (AvgIpc) is 2.74. The number of aliphatic hydroxyl groups is 1. The van der Waals surface area contributed by atoms with Crippen LogP contribution in [0.1, 0.15) is 13.3 Å². The van der Waals surface area contributed by atoms with Gasteiger partial charge < -0.3 is 20.4 Å². The third-order valence-electron chi connectivity index (χ3n) is 2.75. The SMILES string of the molecule is CCN(CCO)C(=O)NC1C=CC(C(=O)O)C1. The molecule has 2 unspecified atom stereocenters. The average molecular weight is 242 g/mol. The van der Waals surface area contributed by atoms with Crippen LogP contribution in [-0.4, -0.2) is 52.9 Å². The van der Waals surface area contributed by atoms with E-state index in [0.717, 1.165) is 0 Å². The molecule has 0 aromatic rings. The van der Waals surface area contributed by atoms with Crippen LogP contribution in [0.15, 0.2) is 12.2 Å². The topological polar surface area (TPSA) is 89.9 Å². The number of urea groups is 1. The van der Waals surface area contributed by atoms with Crippen molar-refractivity contribution in [1.29, 1.82) is 0 Å². The first kappa shape index (κ1) is 13.5. The van der Waals surface area contributed by atoms with Crippen LogP contribution in [0.5, 0.6) is 0 Å². The van der Waals surface area contributed by atoms with E-state index in [9.17, 15) is 9.59 Å². The van der Waals surface area contributed by atoms with E-state index in [0.29, 0.717) is 13.0 Å². The summed E-state index contributed by atoms with van der Waals surface area (Å²) in [6.45, 7) is 2.52. The highest BCUT2D eigenvalue weighted by atomic mass is 16.4. The van der Waals surface area contributed by atoms with Crippen molar-refractivity contribution in [2.45, 2.75) is 19.4 Å². The number of hydrogen-bond acceptors (Lipinski definition) is 3. The van der Waals surface area contributed by atoms with E-state index in [1.54, 1.807) is 12.2 Å². The molecule has 0 saturated heterocycles. The molecule has 0 bridgehead atoms. The predicted octanol–water partition coefficient (Wildman–Crippen LogP) is 0.0395. The van der Waals surface area contributed by atoms with E-state index in [1.165, 1.54) is 4.90 Å². The fraction of sp³-hybridized carbons (Fsp3) is 0.636. The Morgan fingerprint density at radius 1 is 1.47 bits per heavy atom. The van der Waals surface area contributed by atoms with Gasteiger partial charge in [0.05, 0.1) is 18.6 Å². The molecule has 6 heteroatoms. The smallest absolute Gasteiger partial charge is 0.317 e. The van der Waals surface area contributed by atoms with Gasteiger partial charge in [0.1, 0.15) is 0 Å². The fourth-order valence-electron chi connectivity index (χ4n) is 1.76. The third-order valence-corrected chi connectivity index (χ3v) is 2.75. The number of likely N-dealkylation sites (N-methyl/N-ethyl adjacent to an activating group) is 1. The Labute approximate surface area is 99.9 Å². The monoisotopic (exact) mass is 242 g/mol. The first-order valence-electron chi connectivity index (χ1n) is 5.66. The second-order valence-electron chi connectivity index (χ2n) is 3.92. The van der Waals surface area contributed by atoms with Crippen LogP contribution in [0, 0.1) is 5.92 Å². The lowest BCUT2D eigenvalue weighted by molar-refractivity contribution is -0.140. The second-order valence-corrected chi connectivity index (χ2v) is 3.92. The summed E-state index contributed by atoms with van der Waals surface area (Å²) in [5.41, 5.74) is 0. The Morgan fingerprint density at radius 2 is 2.18 bits per heavy atom. The molecule has 0 heterocycles. The van der Waals surface area contributed by atoms with Crippen LogP contribution in [0.2, 0.25) is 0 Å². The number of aliphatic hydroxyl groups excluding tert-OH is 1. The minimum atomic E-state index is -0.874. The van der Waals surface area contributed by atoms with Crippen LogP contribution >= 0.6 is 0 Å². The van der Waals surface area contributed by atoms with Crippen LogP contribution in [0.3, 0.4) is 0 Å². The number of carbonyl (C=O) groups excluding carboxylic acids is 1. The largest absolute Gasteiger partial charge is 0.481 e. The summed E-state index contributed by atoms with van der Waals surface area (Å²) >= 11 is 0. The molecule has 6 nitrogen and oxygen atoms in total. The van der Waals surface area contributed by atoms with E-state index >= 15 is 0 Å². The molecule has 0 spiro atoms. The molecule has 3 N–H and O–H groups in total. The molecule has 0 aliphatic heterocycles. The molecule has 2 amide bonds. The van der Waals surface area contributed by atoms with Crippen molar-refractivity contribution in [1.82, 2.24) is 10.2 Å². The van der Waals surface area contributed by atoms with Crippen LogP contribution < -0.4 is 5.32 Å². The Balaban J connectivity index is 2.43. The highest BCUT2D eigenvalue weighted by Gasteiger charge is 2.26. The third kappa shape index (κ3) is 3.74. The van der Waals surface area contributed by atoms with Crippen molar-refractivity contribution in [3.8, 4) is 0 Å². The van der Waals surface area contributed by atoms with Crippen molar-refractivity contribution in [3.63, 3.8) is 0 Å². The standard InChI is InChI=1S/C11H18N2O4/c1-2-13(5-6-14)11(17)12-9-4-3-8(7-9)10(15)16/h3-4,8-9,14H,2,5-7H2,1H3,(H,12,17)(H,15,16). The lowest BCUT2D eigenvalue weighted by Gasteiger charge is -2.22. The van der Waals surface area contributed by atoms with Gasteiger partial charge in [-0.2, -0.15) is 0 Å². The van der Waals surface area contributed by atoms with Gasteiger partial charge in [-0.15, -0.1) is 0 Å². The highest BCUT2D eigenvalue weighted by molar-refractivity contribution is 5.76. The van der Waals surface area contributed by atoms with Gasteiger partial charge in [0, 0.05) is 13.1 Å². The number of carboxylic acid groups (broad SMARTS) is 1. The summed E-state index contributed by atoms with van der Waals surface area (Å²) in [4.78, 5) is 23.9. The van der Waals surface area contributed by atoms with E-state index in [2.05, 4.69) is 5.32 Å². The lowest BCUT2D eigenvalue weighted by atomic mass is 10.1. The fourth-order valence-corrected chi connectivity index (χ4v) is 1.76. The maximum Gasteiger partial charge on any atom is 0.317 e. The van der Waals surface area contributed by atoms with E-state index in [-0.39, 0.29) is 25.2 Å². The Hall–Kier alpha value is -1.56. The number of amides is 2. The van der Waals surface area contributed by atoms with Crippen molar-refractivity contribution in [2.24, 2.45) is 5.92 Å². The summed E-state index contributed by atoms with van der Waals surface area (Å²) < 4.78 is 0. The number of rotatable bonds is 5. The minimum Gasteiger partial charge on any atom is -0.481 e. The first-order chi connectivity index (χ1) is 8.08. The van der Waals surface area contributed by atoms with Gasteiger partial charge in [0.25, 0.3) is 0 Å². The molecular formula is C11H18N2O4. The quantitative estimate of drug-likeness (QED) is 0.594. The molecule has 0 saturated carbocycles. The number of carbonyl (C=O) groups is 2. The first-order valence-corrected chi connectivity index (χ1v) is 5.66. The molecule has 96 valence electrons. The Morgan fingerprint density at radius 3 is 2.65 bits per heavy atom. The molecule has 2 atom stereocenters. The van der Waals surface area contributed by atoms with Crippen molar-refractivity contribution >= 4 is 12.0 Å². The highest BCUT2D eigenvalue weighted by Crippen LogP contribution is 2.18. The number of nitrogens with one attached hydrogen (secondary N) is 1. The molecule has 17 heavy (non-hydrogen) atoms. The van der Waals surface area contributed by atoms with Crippen LogP contribution in [0.25, 0.3) is 0 Å². The molecular weight excluding hydrogens is 224 g/mol. The number of nitrogens with zero attached hydrogens (tertiary/aromatic N) is 1. The lowest BCUT2D eigenvalue weighted by Crippen LogP contribution is -2.45.